The summed E-state index contributed by atoms with van der Waals surface area (Å²) in [5.41, 5.74) is 0. The van der Waals surface area contributed by atoms with E-state index in [2.05, 4.69) is 0 Å². The van der Waals surface area contributed by atoms with Crippen molar-refractivity contribution in [1.29, 1.82) is 0 Å². The second-order valence-corrected chi connectivity index (χ2v) is 6.81. The van der Waals surface area contributed by atoms with Crippen LogP contribution in [0, 0.1) is 0 Å². The Hall–Kier alpha value is -0.353. The zero-order chi connectivity index (χ0) is 10.6. The van der Waals surface area contributed by atoms with Gasteiger partial charge in [-0.2, -0.15) is 0 Å². The highest BCUT2D eigenvalue weighted by molar-refractivity contribution is 6.50. The maximum Gasteiger partial charge on any atom is 0.466 e. The Morgan fingerprint density at radius 3 is 2.00 bits per heavy atom. The Morgan fingerprint density at radius 2 is 1.77 bits per heavy atom. The molecule has 0 aliphatic heterocycles. The zero-order valence-corrected chi connectivity index (χ0v) is 10.3. The highest BCUT2D eigenvalue weighted by Crippen LogP contribution is 2.28. The van der Waals surface area contributed by atoms with Gasteiger partial charge in [-0.15, -0.1) is 0 Å². The summed E-state index contributed by atoms with van der Waals surface area (Å²) in [6, 6.07) is 0. The standard InChI is InChI=1S/C9H19O3Si/c1-7(2)11-13(9(4,5)6)12-8(3)10/h7H,1-6H3. The lowest BCUT2D eigenvalue weighted by molar-refractivity contribution is -0.134. The monoisotopic (exact) mass is 203 g/mol. The van der Waals surface area contributed by atoms with Crippen LogP contribution in [-0.4, -0.2) is 21.4 Å². The van der Waals surface area contributed by atoms with E-state index in [1.54, 1.807) is 0 Å². The summed E-state index contributed by atoms with van der Waals surface area (Å²) in [4.78, 5) is 10.8. The summed E-state index contributed by atoms with van der Waals surface area (Å²) in [5, 5.41) is -0.0827. The molecule has 0 aliphatic carbocycles. The lowest BCUT2D eigenvalue weighted by Gasteiger charge is -2.27. The molecule has 0 aliphatic rings. The molecule has 0 rings (SSSR count). The maximum atomic E-state index is 10.8. The third-order valence-electron chi connectivity index (χ3n) is 1.19. The van der Waals surface area contributed by atoms with Crippen LogP contribution in [0.5, 0.6) is 0 Å². The second kappa shape index (κ2) is 4.76. The van der Waals surface area contributed by atoms with Crippen LogP contribution >= 0.6 is 0 Å². The minimum Gasteiger partial charge on any atom is -0.492 e. The van der Waals surface area contributed by atoms with Crippen LogP contribution in [0.4, 0.5) is 0 Å². The normalized spacial score (nSPS) is 12.3. The van der Waals surface area contributed by atoms with Gasteiger partial charge in [0.15, 0.2) is 0 Å². The molecule has 0 bridgehead atoms. The van der Waals surface area contributed by atoms with Crippen LogP contribution in [0.2, 0.25) is 5.04 Å². The number of carbonyl (C=O) groups is 1. The molecule has 0 aromatic heterocycles. The number of hydrogen-bond donors (Lipinski definition) is 0. The largest absolute Gasteiger partial charge is 0.492 e. The number of hydrogen-bond acceptors (Lipinski definition) is 3. The molecular weight excluding hydrogens is 184 g/mol. The minimum atomic E-state index is -1.51. The van der Waals surface area contributed by atoms with Gasteiger partial charge in [0, 0.05) is 18.1 Å². The van der Waals surface area contributed by atoms with Crippen molar-refractivity contribution in [2.75, 3.05) is 0 Å². The van der Waals surface area contributed by atoms with Crippen molar-refractivity contribution < 1.29 is 13.6 Å². The summed E-state index contributed by atoms with van der Waals surface area (Å²) in [6.45, 7) is 11.4. The van der Waals surface area contributed by atoms with Gasteiger partial charge in [-0.05, 0) is 13.8 Å². The van der Waals surface area contributed by atoms with Gasteiger partial charge in [0.25, 0.3) is 5.97 Å². The Labute approximate surface area is 82.3 Å². The first-order chi connectivity index (χ1) is 5.73. The summed E-state index contributed by atoms with van der Waals surface area (Å²) >= 11 is 0. The minimum absolute atomic E-state index is 0.0827. The molecule has 0 heterocycles. The van der Waals surface area contributed by atoms with Crippen molar-refractivity contribution in [3.05, 3.63) is 0 Å². The van der Waals surface area contributed by atoms with Crippen LogP contribution in [0.15, 0.2) is 0 Å². The molecule has 0 unspecified atom stereocenters. The van der Waals surface area contributed by atoms with Crippen molar-refractivity contribution >= 4 is 15.3 Å². The third kappa shape index (κ3) is 5.82. The van der Waals surface area contributed by atoms with Gasteiger partial charge in [-0.25, -0.2) is 0 Å². The van der Waals surface area contributed by atoms with Crippen LogP contribution in [-0.2, 0) is 13.6 Å². The van der Waals surface area contributed by atoms with Crippen LogP contribution in [0.25, 0.3) is 0 Å². The van der Waals surface area contributed by atoms with E-state index >= 15 is 0 Å². The maximum absolute atomic E-state index is 10.8. The Bertz CT molecular complexity index is 172. The summed E-state index contributed by atoms with van der Waals surface area (Å²) in [5.74, 6) is -0.260. The highest BCUT2D eigenvalue weighted by Gasteiger charge is 2.35. The molecule has 0 N–H and O–H groups in total. The van der Waals surface area contributed by atoms with Crippen LogP contribution < -0.4 is 0 Å². The van der Waals surface area contributed by atoms with Gasteiger partial charge in [-0.1, -0.05) is 20.8 Å². The Morgan fingerprint density at radius 1 is 1.31 bits per heavy atom. The molecule has 0 saturated carbocycles. The van der Waals surface area contributed by atoms with E-state index in [9.17, 15) is 4.79 Å². The molecule has 4 heteroatoms. The zero-order valence-electron chi connectivity index (χ0n) is 9.30. The lowest BCUT2D eigenvalue weighted by atomic mass is 10.3. The number of rotatable bonds is 3. The fraction of sp³-hybridized carbons (Fsp3) is 0.889. The predicted molar refractivity (Wildman–Crippen MR) is 53.5 cm³/mol. The smallest absolute Gasteiger partial charge is 0.466 e. The molecule has 3 nitrogen and oxygen atoms in total. The highest BCUT2D eigenvalue weighted by atomic mass is 28.3. The van der Waals surface area contributed by atoms with Crippen LogP contribution in [0.3, 0.4) is 0 Å². The van der Waals surface area contributed by atoms with Gasteiger partial charge in [0.2, 0.25) is 0 Å². The molecule has 0 aromatic carbocycles. The molecule has 0 amide bonds. The first kappa shape index (κ1) is 12.6. The fourth-order valence-corrected chi connectivity index (χ4v) is 2.10. The molecular formula is C9H19O3Si. The van der Waals surface area contributed by atoms with Crippen molar-refractivity contribution in [2.24, 2.45) is 0 Å². The van der Waals surface area contributed by atoms with Crippen molar-refractivity contribution in [3.8, 4) is 0 Å². The SMILES string of the molecule is CC(=O)O[Si](OC(C)C)C(C)(C)C. The van der Waals surface area contributed by atoms with Gasteiger partial charge < -0.3 is 8.85 Å². The molecule has 0 saturated heterocycles. The first-order valence-corrected chi connectivity index (χ1v) is 5.77. The van der Waals surface area contributed by atoms with E-state index in [0.717, 1.165) is 0 Å². The van der Waals surface area contributed by atoms with Gasteiger partial charge in [0.1, 0.15) is 0 Å². The number of carbonyl (C=O) groups excluding carboxylic acids is 1. The van der Waals surface area contributed by atoms with E-state index in [0.29, 0.717) is 0 Å². The lowest BCUT2D eigenvalue weighted by Crippen LogP contribution is -2.36. The van der Waals surface area contributed by atoms with Gasteiger partial charge >= 0.3 is 9.28 Å². The molecule has 0 fully saturated rings. The average molecular weight is 203 g/mol. The van der Waals surface area contributed by atoms with Crippen molar-refractivity contribution in [2.45, 2.75) is 52.7 Å². The van der Waals surface area contributed by atoms with Gasteiger partial charge in [0.05, 0.1) is 0 Å². The van der Waals surface area contributed by atoms with Crippen molar-refractivity contribution in [3.63, 3.8) is 0 Å². The first-order valence-electron chi connectivity index (χ1n) is 4.46. The van der Waals surface area contributed by atoms with Crippen molar-refractivity contribution in [1.82, 2.24) is 0 Å². The summed E-state index contributed by atoms with van der Waals surface area (Å²) in [7, 11) is -1.51. The Kier molecular flexibility index (Phi) is 4.63. The molecule has 0 aromatic rings. The Balaban J connectivity index is 4.28. The summed E-state index contributed by atoms with van der Waals surface area (Å²) < 4.78 is 10.8. The molecule has 0 spiro atoms. The third-order valence-corrected chi connectivity index (χ3v) is 3.57. The molecule has 13 heavy (non-hydrogen) atoms. The van der Waals surface area contributed by atoms with E-state index < -0.39 is 9.28 Å². The quantitative estimate of drug-likeness (QED) is 0.660. The van der Waals surface area contributed by atoms with E-state index in [-0.39, 0.29) is 17.1 Å². The fourth-order valence-electron chi connectivity index (χ4n) is 0.699. The molecule has 1 radical (unpaired) electrons. The molecule has 0 atom stereocenters. The summed E-state index contributed by atoms with van der Waals surface area (Å²) in [6.07, 6.45) is 0.104. The average Bonchev–Trinajstić information content (AvgIpc) is 1.81. The second-order valence-electron chi connectivity index (χ2n) is 4.30. The predicted octanol–water partition coefficient (Wildman–Crippen LogP) is 2.26. The topological polar surface area (TPSA) is 35.5 Å². The molecule has 77 valence electrons. The van der Waals surface area contributed by atoms with Gasteiger partial charge in [-0.3, -0.25) is 4.79 Å². The van der Waals surface area contributed by atoms with E-state index in [1.807, 2.05) is 34.6 Å². The van der Waals surface area contributed by atoms with E-state index in [4.69, 9.17) is 8.85 Å². The van der Waals surface area contributed by atoms with E-state index in [1.165, 1.54) is 6.92 Å². The van der Waals surface area contributed by atoms with Crippen LogP contribution in [0.1, 0.15) is 41.5 Å².